The summed E-state index contributed by atoms with van der Waals surface area (Å²) in [5.41, 5.74) is 0.709. The number of hydrogen-bond donors (Lipinski definition) is 1. The Morgan fingerprint density at radius 1 is 1.35 bits per heavy atom. The minimum absolute atomic E-state index is 0.0298. The van der Waals surface area contributed by atoms with E-state index >= 15 is 0 Å². The lowest BCUT2D eigenvalue weighted by Gasteiger charge is -2.18. The van der Waals surface area contributed by atoms with Crippen molar-refractivity contribution in [3.8, 4) is 0 Å². The summed E-state index contributed by atoms with van der Waals surface area (Å²) < 4.78 is 0. The van der Waals surface area contributed by atoms with Gasteiger partial charge in [0.2, 0.25) is 5.91 Å². The Kier molecular flexibility index (Phi) is 4.03. The second kappa shape index (κ2) is 5.29. The summed E-state index contributed by atoms with van der Waals surface area (Å²) in [5.74, 6) is -0.0525. The van der Waals surface area contributed by atoms with E-state index in [4.69, 9.17) is 0 Å². The maximum atomic E-state index is 11.6. The van der Waals surface area contributed by atoms with E-state index in [1.165, 1.54) is 17.0 Å². The molecule has 1 amide bonds. The van der Waals surface area contributed by atoms with Crippen molar-refractivity contribution in [1.29, 1.82) is 0 Å². The first-order valence-electron chi connectivity index (χ1n) is 5.14. The van der Waals surface area contributed by atoms with Crippen molar-refractivity contribution in [1.82, 2.24) is 4.90 Å². The van der Waals surface area contributed by atoms with Gasteiger partial charge in [-0.15, -0.1) is 0 Å². The van der Waals surface area contributed by atoms with Crippen LogP contribution in [0.4, 0.5) is 11.4 Å². The van der Waals surface area contributed by atoms with Gasteiger partial charge in [-0.1, -0.05) is 0 Å². The lowest BCUT2D eigenvalue weighted by atomic mass is 10.2. The maximum Gasteiger partial charge on any atom is 0.269 e. The molecule has 1 rings (SSSR count). The summed E-state index contributed by atoms with van der Waals surface area (Å²) in [5, 5.41) is 13.4. The van der Waals surface area contributed by atoms with Crippen LogP contribution in [0.1, 0.15) is 6.92 Å². The number of benzene rings is 1. The molecule has 0 saturated carbocycles. The topological polar surface area (TPSA) is 75.5 Å². The Hall–Kier alpha value is -2.11. The monoisotopic (exact) mass is 237 g/mol. The molecule has 0 aromatic heterocycles. The summed E-state index contributed by atoms with van der Waals surface area (Å²) in [6.07, 6.45) is 0. The molecule has 0 fully saturated rings. The van der Waals surface area contributed by atoms with E-state index in [1.54, 1.807) is 33.2 Å². The zero-order chi connectivity index (χ0) is 13.0. The van der Waals surface area contributed by atoms with Gasteiger partial charge in [-0.25, -0.2) is 0 Å². The molecule has 0 radical (unpaired) electrons. The molecule has 0 spiro atoms. The fraction of sp³-hybridized carbons (Fsp3) is 0.364. The Balaban J connectivity index is 2.69. The molecule has 6 nitrogen and oxygen atoms in total. The number of nitrogens with zero attached hydrogens (tertiary/aromatic N) is 2. The molecule has 1 N–H and O–H groups in total. The van der Waals surface area contributed by atoms with Crippen LogP contribution in [0.15, 0.2) is 24.3 Å². The third-order valence-electron chi connectivity index (χ3n) is 2.27. The second-order valence-electron chi connectivity index (χ2n) is 3.90. The van der Waals surface area contributed by atoms with Crippen LogP contribution in [0.3, 0.4) is 0 Å². The van der Waals surface area contributed by atoms with Gasteiger partial charge in [0.25, 0.3) is 5.69 Å². The van der Waals surface area contributed by atoms with Gasteiger partial charge in [-0.2, -0.15) is 0 Å². The van der Waals surface area contributed by atoms with Crippen molar-refractivity contribution >= 4 is 17.3 Å². The average molecular weight is 237 g/mol. The number of rotatable bonds is 4. The van der Waals surface area contributed by atoms with Crippen molar-refractivity contribution < 1.29 is 9.72 Å². The number of anilines is 1. The number of nitrogens with one attached hydrogen (secondary N) is 1. The number of nitro groups is 1. The Bertz CT molecular complexity index is 414. The third-order valence-corrected chi connectivity index (χ3v) is 2.27. The first-order valence-corrected chi connectivity index (χ1v) is 5.14. The van der Waals surface area contributed by atoms with E-state index in [0.717, 1.165) is 0 Å². The number of likely N-dealkylation sites (N-methyl/N-ethyl adjacent to an activating group) is 1. The number of non-ortho nitro benzene ring substituents is 1. The molecule has 0 aliphatic heterocycles. The van der Waals surface area contributed by atoms with E-state index in [9.17, 15) is 14.9 Å². The van der Waals surface area contributed by atoms with Gasteiger partial charge >= 0.3 is 0 Å². The molecular weight excluding hydrogens is 222 g/mol. The summed E-state index contributed by atoms with van der Waals surface area (Å²) in [6.45, 7) is 1.74. The van der Waals surface area contributed by atoms with Crippen LogP contribution in [0.2, 0.25) is 0 Å². The Morgan fingerprint density at radius 2 is 1.88 bits per heavy atom. The van der Waals surface area contributed by atoms with Crippen molar-refractivity contribution in [3.05, 3.63) is 34.4 Å². The summed E-state index contributed by atoms with van der Waals surface area (Å²) in [7, 11) is 3.35. The first-order chi connectivity index (χ1) is 7.91. The number of carbonyl (C=O) groups is 1. The molecule has 0 heterocycles. The molecule has 0 aliphatic carbocycles. The molecule has 0 saturated heterocycles. The lowest BCUT2D eigenvalue weighted by molar-refractivity contribution is -0.384. The number of nitro benzene ring substituents is 1. The van der Waals surface area contributed by atoms with Crippen LogP contribution in [0.25, 0.3) is 0 Å². The van der Waals surface area contributed by atoms with Gasteiger partial charge < -0.3 is 10.2 Å². The summed E-state index contributed by atoms with van der Waals surface area (Å²) >= 11 is 0. The molecule has 6 heteroatoms. The standard InChI is InChI=1S/C11H15N3O3/c1-8(11(15)13(2)3)12-9-4-6-10(7-5-9)14(16)17/h4-8,12H,1-3H3. The van der Waals surface area contributed by atoms with E-state index in [1.807, 2.05) is 0 Å². The largest absolute Gasteiger partial charge is 0.374 e. The third kappa shape index (κ3) is 3.44. The van der Waals surface area contributed by atoms with Crippen molar-refractivity contribution in [2.75, 3.05) is 19.4 Å². The SMILES string of the molecule is CC(Nc1ccc([N+](=O)[O-])cc1)C(=O)N(C)C. The highest BCUT2D eigenvalue weighted by Gasteiger charge is 2.14. The minimum Gasteiger partial charge on any atom is -0.374 e. The van der Waals surface area contributed by atoms with E-state index < -0.39 is 4.92 Å². The summed E-state index contributed by atoms with van der Waals surface area (Å²) in [4.78, 5) is 23.1. The van der Waals surface area contributed by atoms with Gasteiger partial charge in [0, 0.05) is 31.9 Å². The predicted octanol–water partition coefficient (Wildman–Crippen LogP) is 1.48. The molecule has 92 valence electrons. The van der Waals surface area contributed by atoms with Crippen LogP contribution in [0.5, 0.6) is 0 Å². The fourth-order valence-electron chi connectivity index (χ4n) is 1.38. The molecular formula is C11H15N3O3. The number of amides is 1. The molecule has 0 bridgehead atoms. The highest BCUT2D eigenvalue weighted by atomic mass is 16.6. The molecule has 17 heavy (non-hydrogen) atoms. The first kappa shape index (κ1) is 13.0. The molecule has 1 aromatic rings. The van der Waals surface area contributed by atoms with Crippen LogP contribution in [0, 0.1) is 10.1 Å². The summed E-state index contributed by atoms with van der Waals surface area (Å²) in [6, 6.07) is 5.59. The molecule has 0 aliphatic rings. The van der Waals surface area contributed by atoms with Crippen molar-refractivity contribution in [2.45, 2.75) is 13.0 Å². The molecule has 1 atom stereocenters. The highest BCUT2D eigenvalue weighted by Crippen LogP contribution is 2.16. The van der Waals surface area contributed by atoms with Crippen LogP contribution < -0.4 is 5.32 Å². The van der Waals surface area contributed by atoms with E-state index in [-0.39, 0.29) is 17.6 Å². The second-order valence-corrected chi connectivity index (χ2v) is 3.90. The number of carbonyl (C=O) groups excluding carboxylic acids is 1. The van der Waals surface area contributed by atoms with E-state index in [0.29, 0.717) is 5.69 Å². The van der Waals surface area contributed by atoms with Gasteiger partial charge in [-0.05, 0) is 19.1 Å². The van der Waals surface area contributed by atoms with Gasteiger partial charge in [0.05, 0.1) is 4.92 Å². The van der Waals surface area contributed by atoms with E-state index in [2.05, 4.69) is 5.32 Å². The van der Waals surface area contributed by atoms with Crippen molar-refractivity contribution in [3.63, 3.8) is 0 Å². The highest BCUT2D eigenvalue weighted by molar-refractivity contribution is 5.83. The fourth-order valence-corrected chi connectivity index (χ4v) is 1.38. The zero-order valence-corrected chi connectivity index (χ0v) is 10.0. The lowest BCUT2D eigenvalue weighted by Crippen LogP contribution is -2.36. The molecule has 1 aromatic carbocycles. The smallest absolute Gasteiger partial charge is 0.269 e. The minimum atomic E-state index is -0.460. The average Bonchev–Trinajstić information content (AvgIpc) is 2.28. The quantitative estimate of drug-likeness (QED) is 0.635. The van der Waals surface area contributed by atoms with Crippen LogP contribution in [-0.4, -0.2) is 35.9 Å². The number of hydrogen-bond acceptors (Lipinski definition) is 4. The van der Waals surface area contributed by atoms with Crippen LogP contribution in [-0.2, 0) is 4.79 Å². The molecule has 1 unspecified atom stereocenters. The normalized spacial score (nSPS) is 11.7. The maximum absolute atomic E-state index is 11.6. The van der Waals surface area contributed by atoms with Gasteiger partial charge in [0.1, 0.15) is 6.04 Å². The Morgan fingerprint density at radius 3 is 2.29 bits per heavy atom. The zero-order valence-electron chi connectivity index (χ0n) is 10.0. The van der Waals surface area contributed by atoms with Crippen molar-refractivity contribution in [2.24, 2.45) is 0 Å². The van der Waals surface area contributed by atoms with Crippen LogP contribution >= 0.6 is 0 Å². The van der Waals surface area contributed by atoms with Gasteiger partial charge in [0.15, 0.2) is 0 Å². The predicted molar refractivity (Wildman–Crippen MR) is 64.9 cm³/mol. The Labute approximate surface area is 99.4 Å². The van der Waals surface area contributed by atoms with Gasteiger partial charge in [-0.3, -0.25) is 14.9 Å².